The van der Waals surface area contributed by atoms with E-state index in [9.17, 15) is 4.79 Å². The summed E-state index contributed by atoms with van der Waals surface area (Å²) in [6.07, 6.45) is 6.12. The zero-order valence-electron chi connectivity index (χ0n) is 14.4. The number of halogens is 1. The quantitative estimate of drug-likeness (QED) is 0.875. The fraction of sp³-hybridized carbons (Fsp3) is 0.400. The highest BCUT2D eigenvalue weighted by Crippen LogP contribution is 2.23. The molecule has 0 bridgehead atoms. The van der Waals surface area contributed by atoms with E-state index in [1.54, 1.807) is 0 Å². The number of rotatable bonds is 5. The zero-order valence-corrected chi connectivity index (χ0v) is 15.1. The van der Waals surface area contributed by atoms with Crippen LogP contribution >= 0.6 is 11.6 Å². The summed E-state index contributed by atoms with van der Waals surface area (Å²) >= 11 is 5.87. The van der Waals surface area contributed by atoms with Crippen LogP contribution in [-0.4, -0.2) is 23.0 Å². The lowest BCUT2D eigenvalue weighted by atomic mass is 9.92. The van der Waals surface area contributed by atoms with E-state index in [1.807, 2.05) is 49.5 Å². The number of nitrogens with zero attached hydrogens (tertiary/aromatic N) is 1. The number of aryl methyl sites for hydroxylation is 1. The molecule has 0 atom stereocenters. The molecule has 1 fully saturated rings. The Kier molecular flexibility index (Phi) is 5.92. The summed E-state index contributed by atoms with van der Waals surface area (Å²) in [4.78, 5) is 16.5. The summed E-state index contributed by atoms with van der Waals surface area (Å²) in [5, 5.41) is 3.82. The van der Waals surface area contributed by atoms with Gasteiger partial charge in [-0.1, -0.05) is 29.8 Å². The van der Waals surface area contributed by atoms with E-state index < -0.39 is 0 Å². The number of carbonyl (C=O) groups excluding carboxylic acids is 1. The largest absolute Gasteiger partial charge is 0.474 e. The van der Waals surface area contributed by atoms with Gasteiger partial charge in [0, 0.05) is 23.3 Å². The first-order valence-corrected chi connectivity index (χ1v) is 9.09. The monoisotopic (exact) mass is 358 g/mol. The third-order valence-electron chi connectivity index (χ3n) is 4.49. The molecule has 0 radical (unpaired) electrons. The van der Waals surface area contributed by atoms with Crippen molar-refractivity contribution in [3.8, 4) is 5.88 Å². The van der Waals surface area contributed by atoms with Crippen molar-refractivity contribution in [2.75, 3.05) is 0 Å². The third-order valence-corrected chi connectivity index (χ3v) is 4.74. The lowest BCUT2D eigenvalue weighted by molar-refractivity contribution is -0.121. The highest BCUT2D eigenvalue weighted by atomic mass is 35.5. The minimum atomic E-state index is 0.0619. The molecule has 0 spiro atoms. The van der Waals surface area contributed by atoms with Gasteiger partial charge in [0.15, 0.2) is 0 Å². The molecule has 0 aliphatic heterocycles. The number of hydrogen-bond acceptors (Lipinski definition) is 3. The first-order chi connectivity index (χ1) is 12.1. The van der Waals surface area contributed by atoms with Crippen molar-refractivity contribution in [1.29, 1.82) is 0 Å². The number of aromatic nitrogens is 1. The van der Waals surface area contributed by atoms with Crippen LogP contribution in [0.25, 0.3) is 0 Å². The molecule has 1 N–H and O–H groups in total. The van der Waals surface area contributed by atoms with Gasteiger partial charge in [-0.05, 0) is 55.9 Å². The summed E-state index contributed by atoms with van der Waals surface area (Å²) < 4.78 is 5.93. The Labute approximate surface area is 153 Å². The Morgan fingerprint density at radius 2 is 1.88 bits per heavy atom. The predicted octanol–water partition coefficient (Wildman–Crippen LogP) is 4.09. The number of amides is 1. The molecule has 25 heavy (non-hydrogen) atoms. The van der Waals surface area contributed by atoms with E-state index in [1.165, 1.54) is 0 Å². The molecule has 0 saturated heterocycles. The standard InChI is InChI=1S/C20H23ClN2O2/c1-14-2-11-20(22-13-14)25-18-9-7-17(8-10-18)23-19(24)12-15-3-5-16(21)6-4-15/h2-6,11,13,17-18H,7-10,12H2,1H3,(H,23,24). The lowest BCUT2D eigenvalue weighted by Gasteiger charge is -2.29. The normalized spacial score (nSPS) is 20.1. The van der Waals surface area contributed by atoms with Gasteiger partial charge in [0.05, 0.1) is 6.42 Å². The highest BCUT2D eigenvalue weighted by molar-refractivity contribution is 6.30. The predicted molar refractivity (Wildman–Crippen MR) is 98.9 cm³/mol. The van der Waals surface area contributed by atoms with Gasteiger partial charge in [-0.2, -0.15) is 0 Å². The van der Waals surface area contributed by atoms with Crippen LogP contribution < -0.4 is 10.1 Å². The van der Waals surface area contributed by atoms with Crippen LogP contribution in [0.5, 0.6) is 5.88 Å². The fourth-order valence-corrected chi connectivity index (χ4v) is 3.21. The van der Waals surface area contributed by atoms with Crippen molar-refractivity contribution in [2.45, 2.75) is 51.2 Å². The van der Waals surface area contributed by atoms with Gasteiger partial charge in [-0.15, -0.1) is 0 Å². The molecule has 2 aromatic rings. The Balaban J connectivity index is 1.42. The van der Waals surface area contributed by atoms with Crippen LogP contribution in [0.2, 0.25) is 5.02 Å². The minimum Gasteiger partial charge on any atom is -0.474 e. The molecule has 1 aliphatic carbocycles. The van der Waals surface area contributed by atoms with E-state index in [-0.39, 0.29) is 18.1 Å². The fourth-order valence-electron chi connectivity index (χ4n) is 3.09. The van der Waals surface area contributed by atoms with Gasteiger partial charge in [-0.25, -0.2) is 4.98 Å². The molecule has 132 valence electrons. The van der Waals surface area contributed by atoms with Crippen LogP contribution in [0, 0.1) is 6.92 Å². The van der Waals surface area contributed by atoms with Gasteiger partial charge in [0.1, 0.15) is 6.10 Å². The van der Waals surface area contributed by atoms with Crippen molar-refractivity contribution >= 4 is 17.5 Å². The van der Waals surface area contributed by atoms with Crippen LogP contribution in [0.3, 0.4) is 0 Å². The Hall–Kier alpha value is -2.07. The molecule has 1 heterocycles. The van der Waals surface area contributed by atoms with Crippen molar-refractivity contribution in [2.24, 2.45) is 0 Å². The van der Waals surface area contributed by atoms with Gasteiger partial charge in [0.25, 0.3) is 0 Å². The molecule has 1 aromatic carbocycles. The van der Waals surface area contributed by atoms with Crippen molar-refractivity contribution in [3.63, 3.8) is 0 Å². The lowest BCUT2D eigenvalue weighted by Crippen LogP contribution is -2.40. The molecule has 5 heteroatoms. The minimum absolute atomic E-state index is 0.0619. The summed E-state index contributed by atoms with van der Waals surface area (Å²) in [6, 6.07) is 11.5. The zero-order chi connectivity index (χ0) is 17.6. The first kappa shape index (κ1) is 17.7. The number of pyridine rings is 1. The third kappa shape index (κ3) is 5.46. The SMILES string of the molecule is Cc1ccc(OC2CCC(NC(=O)Cc3ccc(Cl)cc3)CC2)nc1. The molecule has 1 aromatic heterocycles. The van der Waals surface area contributed by atoms with Crippen LogP contribution in [0.1, 0.15) is 36.8 Å². The number of ether oxygens (including phenoxy) is 1. The van der Waals surface area contributed by atoms with Crippen molar-refractivity contribution in [3.05, 3.63) is 58.7 Å². The number of nitrogens with one attached hydrogen (secondary N) is 1. The summed E-state index contributed by atoms with van der Waals surface area (Å²) in [5.74, 6) is 0.743. The summed E-state index contributed by atoms with van der Waals surface area (Å²) in [6.45, 7) is 2.01. The average molecular weight is 359 g/mol. The highest BCUT2D eigenvalue weighted by Gasteiger charge is 2.23. The molecule has 3 rings (SSSR count). The second-order valence-corrected chi connectivity index (χ2v) is 7.07. The summed E-state index contributed by atoms with van der Waals surface area (Å²) in [7, 11) is 0. The van der Waals surface area contributed by atoms with E-state index in [0.717, 1.165) is 36.8 Å². The van der Waals surface area contributed by atoms with Gasteiger partial charge < -0.3 is 10.1 Å². The molecular formula is C20H23ClN2O2. The van der Waals surface area contributed by atoms with E-state index in [4.69, 9.17) is 16.3 Å². The van der Waals surface area contributed by atoms with Crippen LogP contribution in [0.4, 0.5) is 0 Å². The maximum absolute atomic E-state index is 12.2. The molecule has 1 aliphatic rings. The van der Waals surface area contributed by atoms with E-state index in [2.05, 4.69) is 10.3 Å². The molecule has 1 amide bonds. The smallest absolute Gasteiger partial charge is 0.224 e. The van der Waals surface area contributed by atoms with E-state index in [0.29, 0.717) is 17.3 Å². The molecular weight excluding hydrogens is 336 g/mol. The second kappa shape index (κ2) is 8.34. The van der Waals surface area contributed by atoms with Crippen LogP contribution in [0.15, 0.2) is 42.6 Å². The maximum atomic E-state index is 12.2. The van der Waals surface area contributed by atoms with Crippen molar-refractivity contribution < 1.29 is 9.53 Å². The van der Waals surface area contributed by atoms with E-state index >= 15 is 0 Å². The van der Waals surface area contributed by atoms with Gasteiger partial charge in [0.2, 0.25) is 11.8 Å². The number of benzene rings is 1. The summed E-state index contributed by atoms with van der Waals surface area (Å²) in [5.41, 5.74) is 2.10. The number of hydrogen-bond donors (Lipinski definition) is 1. The van der Waals surface area contributed by atoms with Crippen molar-refractivity contribution in [1.82, 2.24) is 10.3 Å². The van der Waals surface area contributed by atoms with Gasteiger partial charge in [-0.3, -0.25) is 4.79 Å². The second-order valence-electron chi connectivity index (χ2n) is 6.64. The Morgan fingerprint density at radius 1 is 1.16 bits per heavy atom. The molecule has 4 nitrogen and oxygen atoms in total. The van der Waals surface area contributed by atoms with Gasteiger partial charge >= 0.3 is 0 Å². The number of carbonyl (C=O) groups is 1. The molecule has 0 unspecified atom stereocenters. The first-order valence-electron chi connectivity index (χ1n) is 8.71. The molecule has 1 saturated carbocycles. The Bertz CT molecular complexity index is 693. The Morgan fingerprint density at radius 3 is 2.52 bits per heavy atom. The average Bonchev–Trinajstić information content (AvgIpc) is 2.61. The van der Waals surface area contributed by atoms with Crippen LogP contribution in [-0.2, 0) is 11.2 Å². The maximum Gasteiger partial charge on any atom is 0.224 e. The topological polar surface area (TPSA) is 51.2 Å².